The molecule has 3 heterocycles. The van der Waals surface area contributed by atoms with Gasteiger partial charge in [-0.05, 0) is 30.2 Å². The zero-order chi connectivity index (χ0) is 25.5. The van der Waals surface area contributed by atoms with Crippen molar-refractivity contribution < 1.29 is 13.9 Å². The first kappa shape index (κ1) is 26.0. The van der Waals surface area contributed by atoms with Gasteiger partial charge in [-0.25, -0.2) is 14.4 Å². The van der Waals surface area contributed by atoms with Crippen molar-refractivity contribution in [2.45, 2.75) is 19.4 Å². The molecule has 0 atom stereocenters. The van der Waals surface area contributed by atoms with Crippen LogP contribution >= 0.6 is 22.9 Å². The van der Waals surface area contributed by atoms with E-state index in [2.05, 4.69) is 26.3 Å². The number of carbonyl (C=O) groups excluding carboxylic acids is 1. The molecule has 1 amide bonds. The van der Waals surface area contributed by atoms with Crippen molar-refractivity contribution in [3.63, 3.8) is 0 Å². The van der Waals surface area contributed by atoms with Crippen LogP contribution in [0.15, 0.2) is 36.7 Å². The first-order chi connectivity index (χ1) is 17.5. The Morgan fingerprint density at radius 3 is 3.06 bits per heavy atom. The SMILES string of the molecule is COCCN(C/C=C/C(=O)N1CCc2c(sc3ncnc(Nc4ccc(F)c(Cl)c4)c23)C1)CCC#N. The van der Waals surface area contributed by atoms with Crippen LogP contribution in [-0.2, 0) is 22.5 Å². The highest BCUT2D eigenvalue weighted by Gasteiger charge is 2.25. The van der Waals surface area contributed by atoms with Crippen LogP contribution in [0.4, 0.5) is 15.9 Å². The molecule has 0 aliphatic carbocycles. The zero-order valence-electron chi connectivity index (χ0n) is 19.8. The molecular weight excluding hydrogens is 503 g/mol. The van der Waals surface area contributed by atoms with Crippen molar-refractivity contribution in [3.8, 4) is 6.07 Å². The smallest absolute Gasteiger partial charge is 0.246 e. The normalized spacial score (nSPS) is 13.4. The number of fused-ring (bicyclic) bond motifs is 3. The van der Waals surface area contributed by atoms with Crippen molar-refractivity contribution >= 4 is 50.6 Å². The van der Waals surface area contributed by atoms with Crippen molar-refractivity contribution in [1.29, 1.82) is 5.26 Å². The minimum atomic E-state index is -0.480. The molecule has 0 bridgehead atoms. The molecule has 188 valence electrons. The van der Waals surface area contributed by atoms with E-state index in [0.717, 1.165) is 20.7 Å². The molecule has 2 aromatic heterocycles. The quantitative estimate of drug-likeness (QED) is 0.386. The van der Waals surface area contributed by atoms with Gasteiger partial charge in [0.05, 0.1) is 29.6 Å². The molecule has 8 nitrogen and oxygen atoms in total. The van der Waals surface area contributed by atoms with Crippen LogP contribution in [-0.4, -0.2) is 65.6 Å². The molecule has 0 radical (unpaired) electrons. The van der Waals surface area contributed by atoms with Gasteiger partial charge >= 0.3 is 0 Å². The molecule has 0 fully saturated rings. The standard InChI is InChI=1S/C25H26ClFN6O2S/c1-35-13-12-32(10-3-8-28)9-2-4-22(34)33-11-7-18-21(15-33)36-25-23(18)24(29-16-30-25)31-17-5-6-20(27)19(26)14-17/h2,4-6,14,16H,3,7,9-13,15H2,1H3,(H,29,30,31)/b4-2+. The summed E-state index contributed by atoms with van der Waals surface area (Å²) in [5, 5.41) is 13.0. The predicted octanol–water partition coefficient (Wildman–Crippen LogP) is 4.53. The van der Waals surface area contributed by atoms with E-state index >= 15 is 0 Å². The van der Waals surface area contributed by atoms with Crippen molar-refractivity contribution in [3.05, 3.63) is 58.0 Å². The highest BCUT2D eigenvalue weighted by Crippen LogP contribution is 2.38. The van der Waals surface area contributed by atoms with E-state index in [9.17, 15) is 9.18 Å². The second kappa shape index (κ2) is 12.2. The fourth-order valence-corrected chi connectivity index (χ4v) is 5.44. The number of benzene rings is 1. The van der Waals surface area contributed by atoms with E-state index in [0.29, 0.717) is 63.7 Å². The van der Waals surface area contributed by atoms with E-state index < -0.39 is 5.82 Å². The fourth-order valence-electron chi connectivity index (χ4n) is 4.05. The lowest BCUT2D eigenvalue weighted by atomic mass is 10.0. The van der Waals surface area contributed by atoms with Gasteiger partial charge in [-0.3, -0.25) is 9.69 Å². The summed E-state index contributed by atoms with van der Waals surface area (Å²) in [7, 11) is 1.64. The van der Waals surface area contributed by atoms with E-state index in [1.807, 2.05) is 11.0 Å². The monoisotopic (exact) mass is 528 g/mol. The van der Waals surface area contributed by atoms with Crippen LogP contribution in [0, 0.1) is 17.1 Å². The third kappa shape index (κ3) is 6.17. The van der Waals surface area contributed by atoms with E-state index in [1.165, 1.54) is 18.5 Å². The predicted molar refractivity (Wildman–Crippen MR) is 139 cm³/mol. The number of thiophene rings is 1. The lowest BCUT2D eigenvalue weighted by molar-refractivity contribution is -0.126. The van der Waals surface area contributed by atoms with Crippen LogP contribution in [0.1, 0.15) is 16.9 Å². The number of methoxy groups -OCH3 is 1. The molecule has 1 aromatic carbocycles. The summed E-state index contributed by atoms with van der Waals surface area (Å²) >= 11 is 7.48. The number of aromatic nitrogens is 2. The van der Waals surface area contributed by atoms with Gasteiger partial charge < -0.3 is 15.0 Å². The minimum Gasteiger partial charge on any atom is -0.383 e. The van der Waals surface area contributed by atoms with Crippen LogP contribution < -0.4 is 5.32 Å². The summed E-state index contributed by atoms with van der Waals surface area (Å²) in [6, 6.07) is 6.59. The molecule has 36 heavy (non-hydrogen) atoms. The van der Waals surface area contributed by atoms with E-state index in [-0.39, 0.29) is 10.9 Å². The maximum absolute atomic E-state index is 13.5. The third-order valence-corrected chi connectivity index (χ3v) is 7.32. The maximum Gasteiger partial charge on any atom is 0.246 e. The van der Waals surface area contributed by atoms with E-state index in [4.69, 9.17) is 21.6 Å². The molecule has 3 aromatic rings. The maximum atomic E-state index is 13.5. The third-order valence-electron chi connectivity index (χ3n) is 5.91. The average Bonchev–Trinajstić information content (AvgIpc) is 3.26. The topological polar surface area (TPSA) is 94.4 Å². The summed E-state index contributed by atoms with van der Waals surface area (Å²) in [5.74, 6) is 0.107. The molecule has 4 rings (SSSR count). The number of anilines is 2. The van der Waals surface area contributed by atoms with Gasteiger partial charge in [-0.2, -0.15) is 5.26 Å². The lowest BCUT2D eigenvalue weighted by Gasteiger charge is -2.26. The Morgan fingerprint density at radius 2 is 2.28 bits per heavy atom. The van der Waals surface area contributed by atoms with Gasteiger partial charge in [0.2, 0.25) is 5.91 Å². The second-order valence-corrected chi connectivity index (χ2v) is 9.76. The van der Waals surface area contributed by atoms with Crippen molar-refractivity contribution in [2.75, 3.05) is 45.2 Å². The molecule has 1 N–H and O–H groups in total. The number of ether oxygens (including phenoxy) is 1. The molecular formula is C25H26ClFN6O2S. The average molecular weight is 529 g/mol. The number of rotatable bonds is 10. The fraction of sp³-hybridized carbons (Fsp3) is 0.360. The number of nitrogens with zero attached hydrogens (tertiary/aromatic N) is 5. The summed E-state index contributed by atoms with van der Waals surface area (Å²) in [6.07, 6.45) is 6.06. The largest absolute Gasteiger partial charge is 0.383 e. The van der Waals surface area contributed by atoms with Gasteiger partial charge in [-0.1, -0.05) is 17.7 Å². The molecule has 1 aliphatic rings. The van der Waals surface area contributed by atoms with E-state index in [1.54, 1.807) is 30.6 Å². The Bertz CT molecular complexity index is 1310. The Kier molecular flexibility index (Phi) is 8.83. The number of hydrogen-bond donors (Lipinski definition) is 1. The first-order valence-corrected chi connectivity index (χ1v) is 12.7. The highest BCUT2D eigenvalue weighted by molar-refractivity contribution is 7.19. The van der Waals surface area contributed by atoms with Gasteiger partial charge in [0.15, 0.2) is 0 Å². The molecule has 0 spiro atoms. The minimum absolute atomic E-state index is 0.0340. The van der Waals surface area contributed by atoms with Crippen LogP contribution in [0.2, 0.25) is 5.02 Å². The van der Waals surface area contributed by atoms with Gasteiger partial charge in [0.25, 0.3) is 0 Å². The number of nitriles is 1. The Hall–Kier alpha value is -3.10. The summed E-state index contributed by atoms with van der Waals surface area (Å²) in [4.78, 5) is 27.5. The lowest BCUT2D eigenvalue weighted by Crippen LogP contribution is -2.34. The summed E-state index contributed by atoms with van der Waals surface area (Å²) in [6.45, 7) is 3.57. The van der Waals surface area contributed by atoms with Crippen LogP contribution in [0.25, 0.3) is 10.2 Å². The first-order valence-electron chi connectivity index (χ1n) is 11.5. The molecule has 0 saturated carbocycles. The van der Waals surface area contributed by atoms with Crippen molar-refractivity contribution in [2.24, 2.45) is 0 Å². The molecule has 0 saturated heterocycles. The Morgan fingerprint density at radius 1 is 1.42 bits per heavy atom. The second-order valence-electron chi connectivity index (χ2n) is 8.27. The number of hydrogen-bond acceptors (Lipinski definition) is 8. The number of amides is 1. The number of carbonyl (C=O) groups is 1. The Labute approximate surface area is 218 Å². The molecule has 0 unspecified atom stereocenters. The number of halogens is 2. The van der Waals surface area contributed by atoms with Crippen LogP contribution in [0.3, 0.4) is 0 Å². The zero-order valence-corrected chi connectivity index (χ0v) is 21.4. The summed E-state index contributed by atoms with van der Waals surface area (Å²) in [5.41, 5.74) is 1.76. The molecule has 1 aliphatic heterocycles. The van der Waals surface area contributed by atoms with Gasteiger partial charge in [0.1, 0.15) is 22.8 Å². The van der Waals surface area contributed by atoms with Gasteiger partial charge in [0, 0.05) is 56.4 Å². The van der Waals surface area contributed by atoms with Crippen molar-refractivity contribution in [1.82, 2.24) is 19.8 Å². The van der Waals surface area contributed by atoms with Gasteiger partial charge in [-0.15, -0.1) is 11.3 Å². The Balaban J connectivity index is 1.45. The number of nitrogens with one attached hydrogen (secondary N) is 1. The summed E-state index contributed by atoms with van der Waals surface area (Å²) < 4.78 is 18.7. The molecule has 11 heteroatoms. The highest BCUT2D eigenvalue weighted by atomic mass is 35.5. The van der Waals surface area contributed by atoms with Crippen LogP contribution in [0.5, 0.6) is 0 Å².